The fourth-order valence-electron chi connectivity index (χ4n) is 3.64. The second kappa shape index (κ2) is 12.0. The van der Waals surface area contributed by atoms with E-state index in [9.17, 15) is 29.4 Å². The number of carboxylic acid groups (broad SMARTS) is 1. The normalized spacial score (nSPS) is 20.3. The Morgan fingerprint density at radius 3 is 2.03 bits per heavy atom. The molecule has 178 valence electrons. The van der Waals surface area contributed by atoms with Crippen molar-refractivity contribution in [2.24, 2.45) is 17.6 Å². The molecule has 0 bridgehead atoms. The van der Waals surface area contributed by atoms with E-state index in [1.807, 2.05) is 27.7 Å². The minimum absolute atomic E-state index is 0.0643. The van der Waals surface area contributed by atoms with Gasteiger partial charge in [0.1, 0.15) is 24.2 Å². The zero-order valence-electron chi connectivity index (χ0n) is 19.1. The third-order valence-electron chi connectivity index (χ3n) is 5.31. The summed E-state index contributed by atoms with van der Waals surface area (Å²) >= 11 is 0. The smallest absolute Gasteiger partial charge is 0.326 e. The number of carbonyl (C=O) groups excluding carboxylic acids is 3. The summed E-state index contributed by atoms with van der Waals surface area (Å²) in [6, 6.07) is -3.89. The number of hydrogen-bond acceptors (Lipinski definition) is 6. The molecule has 6 N–H and O–H groups in total. The first-order valence-electron chi connectivity index (χ1n) is 10.9. The van der Waals surface area contributed by atoms with E-state index in [0.29, 0.717) is 25.8 Å². The van der Waals surface area contributed by atoms with Crippen LogP contribution in [0.1, 0.15) is 60.3 Å². The van der Waals surface area contributed by atoms with E-state index in [1.165, 1.54) is 11.8 Å². The first kappa shape index (κ1) is 26.8. The molecule has 1 aliphatic rings. The zero-order valence-corrected chi connectivity index (χ0v) is 19.1. The van der Waals surface area contributed by atoms with Gasteiger partial charge in [0.15, 0.2) is 0 Å². The standard InChI is InChI=1S/C21H38N4O6/c1-11(2)9-14(18(27)24-15(21(30)31)10-12(3)4)23-19(28)16-7-6-8-25(16)20(29)17(22)13(5)26/h11-17,26H,6-10,22H2,1-5H3,(H,23,28)(H,24,27)(H,30,31)/t13-,14+,15+,16+,17+/m1/s1. The van der Waals surface area contributed by atoms with E-state index in [2.05, 4.69) is 10.6 Å². The van der Waals surface area contributed by atoms with Crippen molar-refractivity contribution in [3.8, 4) is 0 Å². The molecule has 0 radical (unpaired) electrons. The van der Waals surface area contributed by atoms with Gasteiger partial charge >= 0.3 is 5.97 Å². The van der Waals surface area contributed by atoms with E-state index in [1.54, 1.807) is 0 Å². The van der Waals surface area contributed by atoms with Crippen LogP contribution in [0.4, 0.5) is 0 Å². The van der Waals surface area contributed by atoms with Crippen molar-refractivity contribution in [2.45, 2.75) is 90.6 Å². The number of likely N-dealkylation sites (tertiary alicyclic amines) is 1. The van der Waals surface area contributed by atoms with Crippen molar-refractivity contribution in [1.82, 2.24) is 15.5 Å². The lowest BCUT2D eigenvalue weighted by Crippen LogP contribution is -2.57. The predicted molar refractivity (Wildman–Crippen MR) is 115 cm³/mol. The fourth-order valence-corrected chi connectivity index (χ4v) is 3.64. The van der Waals surface area contributed by atoms with Crippen LogP contribution >= 0.6 is 0 Å². The Bertz CT molecular complexity index is 652. The first-order valence-corrected chi connectivity index (χ1v) is 10.9. The molecule has 1 saturated heterocycles. The Morgan fingerprint density at radius 2 is 1.55 bits per heavy atom. The molecule has 0 aromatic rings. The molecular weight excluding hydrogens is 404 g/mol. The van der Waals surface area contributed by atoms with Crippen LogP contribution in [0.25, 0.3) is 0 Å². The molecule has 5 atom stereocenters. The average Bonchev–Trinajstić information content (AvgIpc) is 3.14. The molecule has 1 rings (SSSR count). The Hall–Kier alpha value is -2.20. The highest BCUT2D eigenvalue weighted by atomic mass is 16.4. The largest absolute Gasteiger partial charge is 0.480 e. The van der Waals surface area contributed by atoms with Crippen LogP contribution in [0, 0.1) is 11.8 Å². The van der Waals surface area contributed by atoms with Crippen LogP contribution in [0.3, 0.4) is 0 Å². The summed E-state index contributed by atoms with van der Waals surface area (Å²) in [6.45, 7) is 9.25. The minimum Gasteiger partial charge on any atom is -0.480 e. The van der Waals surface area contributed by atoms with Crippen LogP contribution in [0.2, 0.25) is 0 Å². The van der Waals surface area contributed by atoms with E-state index in [-0.39, 0.29) is 18.3 Å². The molecule has 10 heteroatoms. The van der Waals surface area contributed by atoms with Gasteiger partial charge in [-0.25, -0.2) is 4.79 Å². The fraction of sp³-hybridized carbons (Fsp3) is 0.810. The van der Waals surface area contributed by atoms with Gasteiger partial charge in [-0.15, -0.1) is 0 Å². The average molecular weight is 443 g/mol. The number of aliphatic carboxylic acids is 1. The maximum Gasteiger partial charge on any atom is 0.326 e. The Labute approximate surface area is 183 Å². The van der Waals surface area contributed by atoms with Crippen LogP contribution in [-0.2, 0) is 19.2 Å². The summed E-state index contributed by atoms with van der Waals surface area (Å²) in [6.07, 6.45) is 0.563. The van der Waals surface area contributed by atoms with Crippen molar-refractivity contribution >= 4 is 23.7 Å². The second-order valence-electron chi connectivity index (χ2n) is 9.18. The number of amides is 3. The Kier molecular flexibility index (Phi) is 10.4. The molecule has 1 fully saturated rings. The number of aliphatic hydroxyl groups excluding tert-OH is 1. The molecule has 0 aromatic carbocycles. The van der Waals surface area contributed by atoms with Crippen molar-refractivity contribution in [3.63, 3.8) is 0 Å². The number of hydrogen-bond donors (Lipinski definition) is 5. The highest BCUT2D eigenvalue weighted by molar-refractivity contribution is 5.94. The van der Waals surface area contributed by atoms with Gasteiger partial charge in [-0.05, 0) is 44.4 Å². The zero-order chi connectivity index (χ0) is 23.9. The SMILES string of the molecule is CC(C)C[C@H](NC(=O)[C@H](CC(C)C)NC(=O)[C@@H]1CCCN1C(=O)[C@@H](N)[C@@H](C)O)C(=O)O. The maximum absolute atomic E-state index is 12.9. The minimum atomic E-state index is -1.13. The molecule has 1 aliphatic heterocycles. The van der Waals surface area contributed by atoms with Gasteiger partial charge in [0.2, 0.25) is 17.7 Å². The number of nitrogens with zero attached hydrogens (tertiary/aromatic N) is 1. The molecule has 3 amide bonds. The molecular formula is C21H38N4O6. The monoisotopic (exact) mass is 442 g/mol. The summed E-state index contributed by atoms with van der Waals surface area (Å²) in [5.41, 5.74) is 5.75. The number of nitrogens with one attached hydrogen (secondary N) is 2. The van der Waals surface area contributed by atoms with Gasteiger partial charge in [0, 0.05) is 6.54 Å². The van der Waals surface area contributed by atoms with Crippen LogP contribution in [0.15, 0.2) is 0 Å². The van der Waals surface area contributed by atoms with Gasteiger partial charge in [-0.1, -0.05) is 27.7 Å². The number of carbonyl (C=O) groups is 4. The summed E-state index contributed by atoms with van der Waals surface area (Å²) < 4.78 is 0. The molecule has 10 nitrogen and oxygen atoms in total. The van der Waals surface area contributed by atoms with E-state index < -0.39 is 54.0 Å². The van der Waals surface area contributed by atoms with Crippen LogP contribution in [-0.4, -0.2) is 75.6 Å². The third-order valence-corrected chi connectivity index (χ3v) is 5.31. The van der Waals surface area contributed by atoms with Crippen molar-refractivity contribution in [1.29, 1.82) is 0 Å². The number of aliphatic hydroxyl groups is 1. The Balaban J connectivity index is 2.92. The van der Waals surface area contributed by atoms with E-state index in [4.69, 9.17) is 5.73 Å². The number of carboxylic acids is 1. The van der Waals surface area contributed by atoms with Gasteiger partial charge in [-0.2, -0.15) is 0 Å². The summed E-state index contributed by atoms with van der Waals surface area (Å²) in [5, 5.41) is 24.2. The lowest BCUT2D eigenvalue weighted by molar-refractivity contribution is -0.144. The van der Waals surface area contributed by atoms with E-state index >= 15 is 0 Å². The Morgan fingerprint density at radius 1 is 1.00 bits per heavy atom. The molecule has 0 unspecified atom stereocenters. The third kappa shape index (κ3) is 8.10. The molecule has 0 spiro atoms. The topological polar surface area (TPSA) is 162 Å². The number of rotatable bonds is 11. The second-order valence-corrected chi connectivity index (χ2v) is 9.18. The van der Waals surface area contributed by atoms with E-state index in [0.717, 1.165) is 0 Å². The highest BCUT2D eigenvalue weighted by Crippen LogP contribution is 2.20. The van der Waals surface area contributed by atoms with Gasteiger partial charge in [-0.3, -0.25) is 14.4 Å². The first-order chi connectivity index (χ1) is 14.3. The molecule has 1 heterocycles. The van der Waals surface area contributed by atoms with Gasteiger partial charge in [0.25, 0.3) is 0 Å². The lowest BCUT2D eigenvalue weighted by Gasteiger charge is -2.29. The van der Waals surface area contributed by atoms with Crippen molar-refractivity contribution in [3.05, 3.63) is 0 Å². The van der Waals surface area contributed by atoms with Crippen molar-refractivity contribution in [2.75, 3.05) is 6.54 Å². The van der Waals surface area contributed by atoms with Crippen LogP contribution < -0.4 is 16.4 Å². The lowest BCUT2D eigenvalue weighted by atomic mass is 10.00. The summed E-state index contributed by atoms with van der Waals surface area (Å²) in [5.74, 6) is -2.56. The number of nitrogens with two attached hydrogens (primary N) is 1. The summed E-state index contributed by atoms with van der Waals surface area (Å²) in [4.78, 5) is 51.1. The highest BCUT2D eigenvalue weighted by Gasteiger charge is 2.38. The van der Waals surface area contributed by atoms with Crippen molar-refractivity contribution < 1.29 is 29.4 Å². The predicted octanol–water partition coefficient (Wildman–Crippen LogP) is -0.168. The molecule has 0 aliphatic carbocycles. The summed E-state index contributed by atoms with van der Waals surface area (Å²) in [7, 11) is 0. The van der Waals surface area contributed by atoms with Gasteiger partial charge < -0.3 is 31.5 Å². The van der Waals surface area contributed by atoms with Crippen LogP contribution in [0.5, 0.6) is 0 Å². The van der Waals surface area contributed by atoms with Gasteiger partial charge in [0.05, 0.1) is 6.10 Å². The quantitative estimate of drug-likeness (QED) is 0.297. The molecule has 0 saturated carbocycles. The maximum atomic E-state index is 12.9. The molecule has 0 aromatic heterocycles. The molecule has 31 heavy (non-hydrogen) atoms.